The van der Waals surface area contributed by atoms with Gasteiger partial charge in [0.2, 0.25) is 0 Å². The molecule has 8 heteroatoms. The molecule has 3 heterocycles. The van der Waals surface area contributed by atoms with Crippen molar-refractivity contribution in [3.05, 3.63) is 33.7 Å². The zero-order valence-electron chi connectivity index (χ0n) is 14.0. The first-order valence-electron chi connectivity index (χ1n) is 8.05. The van der Waals surface area contributed by atoms with Crippen LogP contribution in [0.2, 0.25) is 0 Å². The van der Waals surface area contributed by atoms with Gasteiger partial charge in [-0.2, -0.15) is 4.98 Å². The van der Waals surface area contributed by atoms with E-state index in [1.807, 2.05) is 16.7 Å². The van der Waals surface area contributed by atoms with Crippen LogP contribution in [-0.4, -0.2) is 37.8 Å². The maximum atomic E-state index is 9.35. The van der Waals surface area contributed by atoms with E-state index in [1.165, 1.54) is 0 Å². The first-order valence-corrected chi connectivity index (χ1v) is 9.13. The van der Waals surface area contributed by atoms with Crippen molar-refractivity contribution in [3.63, 3.8) is 0 Å². The lowest BCUT2D eigenvalue weighted by atomic mass is 10.1. The molecule has 2 N–H and O–H groups in total. The normalized spacial score (nSPS) is 15.2. The number of aromatic hydroxyl groups is 1. The highest BCUT2D eigenvalue weighted by Gasteiger charge is 2.35. The highest BCUT2D eigenvalue weighted by molar-refractivity contribution is 14.1. The topological polar surface area (TPSA) is 85.1 Å². The summed E-state index contributed by atoms with van der Waals surface area (Å²) in [5.41, 5.74) is 2.49. The molecule has 25 heavy (non-hydrogen) atoms. The molecule has 0 atom stereocenters. The lowest BCUT2D eigenvalue weighted by Gasteiger charge is -2.18. The van der Waals surface area contributed by atoms with E-state index in [1.54, 1.807) is 12.1 Å². The van der Waals surface area contributed by atoms with E-state index in [9.17, 15) is 5.11 Å². The first-order chi connectivity index (χ1) is 11.9. The van der Waals surface area contributed by atoms with Crippen molar-refractivity contribution in [2.75, 3.05) is 18.5 Å². The van der Waals surface area contributed by atoms with E-state index in [0.29, 0.717) is 23.0 Å². The Bertz CT molecular complexity index is 936. The summed E-state index contributed by atoms with van der Waals surface area (Å²) in [6, 6.07) is 7.81. The Hall–Kier alpha value is -2.10. The highest BCUT2D eigenvalue weighted by atomic mass is 127. The number of imidazole rings is 1. The Morgan fingerprint density at radius 1 is 1.24 bits per heavy atom. The molecule has 1 aliphatic heterocycles. The molecule has 0 aliphatic carbocycles. The molecule has 0 spiro atoms. The van der Waals surface area contributed by atoms with Crippen molar-refractivity contribution >= 4 is 39.6 Å². The molecule has 1 aliphatic rings. The summed E-state index contributed by atoms with van der Waals surface area (Å²) < 4.78 is 8.42. The van der Waals surface area contributed by atoms with Crippen LogP contribution in [0, 0.1) is 3.83 Å². The maximum Gasteiger partial charge on any atom is 0.299 e. The van der Waals surface area contributed by atoms with Crippen molar-refractivity contribution in [3.8, 4) is 11.8 Å². The van der Waals surface area contributed by atoms with E-state index in [-0.39, 0.29) is 11.3 Å². The van der Waals surface area contributed by atoms with Crippen LogP contribution in [0.25, 0.3) is 11.2 Å². The summed E-state index contributed by atoms with van der Waals surface area (Å²) in [5.74, 6) is 0.994. The van der Waals surface area contributed by atoms with Gasteiger partial charge in [-0.3, -0.25) is 4.57 Å². The second-order valence-corrected chi connectivity index (χ2v) is 7.65. The second kappa shape index (κ2) is 6.01. The quantitative estimate of drug-likeness (QED) is 0.469. The van der Waals surface area contributed by atoms with Gasteiger partial charge in [-0.1, -0.05) is 12.1 Å². The minimum atomic E-state index is -0.176. The summed E-state index contributed by atoms with van der Waals surface area (Å²) in [6.45, 7) is 5.52. The van der Waals surface area contributed by atoms with Gasteiger partial charge in [0, 0.05) is 29.1 Å². The molecule has 4 rings (SSSR count). The average Bonchev–Trinajstić information content (AvgIpc) is 3.07. The van der Waals surface area contributed by atoms with Gasteiger partial charge in [0.15, 0.2) is 20.8 Å². The van der Waals surface area contributed by atoms with Crippen LogP contribution in [0.3, 0.4) is 0 Å². The number of halogens is 1. The molecule has 0 bridgehead atoms. The van der Waals surface area contributed by atoms with Crippen molar-refractivity contribution in [2.45, 2.75) is 25.8 Å². The van der Waals surface area contributed by atoms with Crippen molar-refractivity contribution in [1.82, 2.24) is 19.5 Å². The summed E-state index contributed by atoms with van der Waals surface area (Å²) in [7, 11) is 0. The van der Waals surface area contributed by atoms with Crippen LogP contribution < -0.4 is 10.1 Å². The third-order valence-corrected chi connectivity index (χ3v) is 4.73. The number of hydrogen-bond donors (Lipinski definition) is 2. The smallest absolute Gasteiger partial charge is 0.299 e. The number of anilines is 1. The summed E-state index contributed by atoms with van der Waals surface area (Å²) in [4.78, 5) is 13.7. The highest BCUT2D eigenvalue weighted by Crippen LogP contribution is 2.36. The Kier molecular flexibility index (Phi) is 3.94. The predicted octanol–water partition coefficient (Wildman–Crippen LogP) is 2.92. The average molecular weight is 451 g/mol. The molecule has 0 fully saturated rings. The molecule has 0 saturated heterocycles. The van der Waals surface area contributed by atoms with E-state index in [4.69, 9.17) is 4.74 Å². The number of fused-ring (bicyclic) bond motifs is 3. The molecule has 0 amide bonds. The fourth-order valence-corrected chi connectivity index (χ4v) is 3.44. The fourth-order valence-electron chi connectivity index (χ4n) is 2.97. The number of ether oxygens (including phenoxy) is 1. The predicted molar refractivity (Wildman–Crippen MR) is 103 cm³/mol. The number of phenols is 1. The summed E-state index contributed by atoms with van der Waals surface area (Å²) >= 11 is 2.12. The summed E-state index contributed by atoms with van der Waals surface area (Å²) in [6.07, 6.45) is 0.817. The van der Waals surface area contributed by atoms with Gasteiger partial charge >= 0.3 is 0 Å². The molecule has 2 aromatic heterocycles. The molecule has 0 saturated carbocycles. The van der Waals surface area contributed by atoms with Crippen molar-refractivity contribution in [1.29, 1.82) is 0 Å². The van der Waals surface area contributed by atoms with Crippen LogP contribution in [0.5, 0.6) is 11.8 Å². The van der Waals surface area contributed by atoms with Gasteiger partial charge in [-0.25, -0.2) is 9.97 Å². The zero-order chi connectivity index (χ0) is 17.6. The number of nitrogens with zero attached hydrogens (tertiary/aromatic N) is 4. The third kappa shape index (κ3) is 2.99. The molecule has 0 unspecified atom stereocenters. The largest absolute Gasteiger partial charge is 0.508 e. The molecule has 3 aromatic rings. The fraction of sp³-hybridized carbons (Fsp3) is 0.353. The molecule has 130 valence electrons. The van der Waals surface area contributed by atoms with Crippen molar-refractivity contribution < 1.29 is 9.84 Å². The molecule has 1 aromatic carbocycles. The first kappa shape index (κ1) is 16.4. The van der Waals surface area contributed by atoms with Gasteiger partial charge < -0.3 is 15.2 Å². The Morgan fingerprint density at radius 2 is 2.00 bits per heavy atom. The lowest BCUT2D eigenvalue weighted by Crippen LogP contribution is -2.26. The Balaban J connectivity index is 1.61. The number of aromatic nitrogens is 4. The maximum absolute atomic E-state index is 9.35. The Morgan fingerprint density at radius 3 is 2.76 bits per heavy atom. The lowest BCUT2D eigenvalue weighted by molar-refractivity contribution is 0.268. The number of rotatable bonds is 4. The number of hydrogen-bond acceptors (Lipinski definition) is 6. The van der Waals surface area contributed by atoms with Crippen LogP contribution in [0.15, 0.2) is 24.3 Å². The van der Waals surface area contributed by atoms with Gasteiger partial charge in [0.25, 0.3) is 6.01 Å². The molecule has 0 radical (unpaired) electrons. The third-order valence-electron chi connectivity index (χ3n) is 4.25. The van der Waals surface area contributed by atoms with Gasteiger partial charge in [-0.15, -0.1) is 0 Å². The molecular formula is C17H18IN5O2. The van der Waals surface area contributed by atoms with Crippen LogP contribution in [-0.2, 0) is 12.0 Å². The number of phenolic OH excluding ortho intramolecular Hbond substituents is 1. The zero-order valence-corrected chi connectivity index (χ0v) is 16.1. The monoisotopic (exact) mass is 451 g/mol. The van der Waals surface area contributed by atoms with Crippen LogP contribution in [0.1, 0.15) is 19.4 Å². The van der Waals surface area contributed by atoms with Gasteiger partial charge in [-0.05, 0) is 38.0 Å². The van der Waals surface area contributed by atoms with Gasteiger partial charge in [0.1, 0.15) is 12.4 Å². The minimum Gasteiger partial charge on any atom is -0.508 e. The van der Waals surface area contributed by atoms with Crippen molar-refractivity contribution in [2.24, 2.45) is 0 Å². The minimum absolute atomic E-state index is 0.176. The summed E-state index contributed by atoms with van der Waals surface area (Å²) in [5, 5.41) is 12.7. The number of nitrogens with one attached hydrogen (secondary N) is 1. The van der Waals surface area contributed by atoms with Crippen LogP contribution >= 0.6 is 22.6 Å². The second-order valence-electron chi connectivity index (χ2n) is 6.69. The van der Waals surface area contributed by atoms with E-state index in [2.05, 4.69) is 56.7 Å². The standard InChI is InChI=1S/C17H18IN5O2/c1-17(2)9-25-16-20-12-13(21-15(18)22-14(12)23(16)17)19-8-7-10-3-5-11(24)6-4-10/h3-6,24H,7-9H2,1-2H3,(H,19,21,22). The SMILES string of the molecule is CC1(C)COc2nc3c(NCCc4ccc(O)cc4)nc(I)nc3n21. The number of benzene rings is 1. The van der Waals surface area contributed by atoms with Gasteiger partial charge in [0.05, 0.1) is 5.54 Å². The molecule has 7 nitrogen and oxygen atoms in total. The van der Waals surface area contributed by atoms with E-state index in [0.717, 1.165) is 29.0 Å². The Labute approximate surface area is 158 Å². The molecular weight excluding hydrogens is 433 g/mol. The van der Waals surface area contributed by atoms with E-state index < -0.39 is 0 Å². The van der Waals surface area contributed by atoms with Crippen LogP contribution in [0.4, 0.5) is 5.82 Å². The van der Waals surface area contributed by atoms with E-state index >= 15 is 0 Å².